The van der Waals surface area contributed by atoms with Gasteiger partial charge >= 0.3 is 0 Å². The van der Waals surface area contributed by atoms with E-state index in [9.17, 15) is 8.42 Å². The Morgan fingerprint density at radius 1 is 1.10 bits per heavy atom. The van der Waals surface area contributed by atoms with Crippen molar-refractivity contribution < 1.29 is 8.42 Å². The van der Waals surface area contributed by atoms with E-state index in [1.54, 1.807) is 31.2 Å². The summed E-state index contributed by atoms with van der Waals surface area (Å²) in [6.45, 7) is 4.01. The second-order valence-corrected chi connectivity index (χ2v) is 6.44. The molecule has 2 aromatic carbocycles. The number of hydrogen-bond acceptors (Lipinski definition) is 3. The highest BCUT2D eigenvalue weighted by molar-refractivity contribution is 7.92. The maximum atomic E-state index is 12.8. The largest absolute Gasteiger partial charge is 0.267 e. The molecule has 2 aromatic rings. The fourth-order valence-electron chi connectivity index (χ4n) is 2.10. The van der Waals surface area contributed by atoms with E-state index in [2.05, 4.69) is 0 Å². The van der Waals surface area contributed by atoms with Crippen LogP contribution in [0.1, 0.15) is 18.1 Å². The highest BCUT2D eigenvalue weighted by atomic mass is 32.2. The molecule has 0 fully saturated rings. The summed E-state index contributed by atoms with van der Waals surface area (Å²) in [6, 6.07) is 15.5. The molecule has 0 spiro atoms. The normalized spacial score (nSPS) is 10.9. The molecule has 0 saturated heterocycles. The van der Waals surface area contributed by atoms with Gasteiger partial charge in [-0.25, -0.2) is 8.42 Å². The van der Waals surface area contributed by atoms with E-state index in [-0.39, 0.29) is 10.5 Å². The lowest BCUT2D eigenvalue weighted by Crippen LogP contribution is -2.31. The molecule has 5 heteroatoms. The quantitative estimate of drug-likeness (QED) is 0.871. The van der Waals surface area contributed by atoms with Crippen molar-refractivity contribution in [2.24, 2.45) is 0 Å². The van der Waals surface area contributed by atoms with Crippen molar-refractivity contribution in [3.63, 3.8) is 0 Å². The van der Waals surface area contributed by atoms with Crippen molar-refractivity contribution in [3.05, 3.63) is 59.7 Å². The second kappa shape index (κ2) is 5.98. The van der Waals surface area contributed by atoms with Crippen LogP contribution in [0.25, 0.3) is 0 Å². The SMILES string of the molecule is CCN(c1ccc(C)cc1)S(=O)(=O)c1ccccc1C#N. The smallest absolute Gasteiger partial charge is 0.265 e. The highest BCUT2D eigenvalue weighted by Gasteiger charge is 2.26. The molecule has 0 bridgehead atoms. The van der Waals surface area contributed by atoms with Gasteiger partial charge in [0.15, 0.2) is 0 Å². The zero-order chi connectivity index (χ0) is 15.5. The molecule has 0 atom stereocenters. The summed E-state index contributed by atoms with van der Waals surface area (Å²) in [5, 5.41) is 9.11. The Bertz CT molecular complexity index is 775. The third-order valence-corrected chi connectivity index (χ3v) is 5.15. The molecule has 0 amide bonds. The lowest BCUT2D eigenvalue weighted by Gasteiger charge is -2.23. The maximum absolute atomic E-state index is 12.8. The highest BCUT2D eigenvalue weighted by Crippen LogP contribution is 2.25. The fourth-order valence-corrected chi connectivity index (χ4v) is 3.72. The van der Waals surface area contributed by atoms with Crippen LogP contribution in [-0.2, 0) is 10.0 Å². The number of nitriles is 1. The molecule has 4 nitrogen and oxygen atoms in total. The number of aryl methyl sites for hydroxylation is 1. The van der Waals surface area contributed by atoms with Gasteiger partial charge in [-0.2, -0.15) is 5.26 Å². The summed E-state index contributed by atoms with van der Waals surface area (Å²) in [6.07, 6.45) is 0. The van der Waals surface area contributed by atoms with Crippen LogP contribution >= 0.6 is 0 Å². The Kier molecular flexibility index (Phi) is 4.29. The van der Waals surface area contributed by atoms with Gasteiger partial charge in [-0.1, -0.05) is 29.8 Å². The molecule has 21 heavy (non-hydrogen) atoms. The Balaban J connectivity index is 2.55. The molecule has 0 unspecified atom stereocenters. The van der Waals surface area contributed by atoms with Crippen molar-refractivity contribution in [2.45, 2.75) is 18.7 Å². The lowest BCUT2D eigenvalue weighted by molar-refractivity contribution is 0.591. The Morgan fingerprint density at radius 2 is 1.71 bits per heavy atom. The van der Waals surface area contributed by atoms with E-state index < -0.39 is 10.0 Å². The topological polar surface area (TPSA) is 61.2 Å². The van der Waals surface area contributed by atoms with E-state index in [0.29, 0.717) is 12.2 Å². The standard InChI is InChI=1S/C16H16N2O2S/c1-3-18(15-10-8-13(2)9-11-15)21(19,20)16-7-5-4-6-14(16)12-17/h4-11H,3H2,1-2H3. The molecule has 0 aromatic heterocycles. The minimum absolute atomic E-state index is 0.0370. The van der Waals surface area contributed by atoms with Crippen LogP contribution < -0.4 is 4.31 Å². The average molecular weight is 300 g/mol. The molecule has 0 aliphatic heterocycles. The second-order valence-electron chi connectivity index (χ2n) is 4.61. The molecule has 0 radical (unpaired) electrons. The van der Waals surface area contributed by atoms with Gasteiger partial charge in [0.25, 0.3) is 10.0 Å². The van der Waals surface area contributed by atoms with Crippen molar-refractivity contribution >= 4 is 15.7 Å². The van der Waals surface area contributed by atoms with Crippen LogP contribution in [0.2, 0.25) is 0 Å². The third-order valence-electron chi connectivity index (χ3n) is 3.18. The summed E-state index contributed by atoms with van der Waals surface area (Å²) in [5.74, 6) is 0. The average Bonchev–Trinajstić information content (AvgIpc) is 2.49. The summed E-state index contributed by atoms with van der Waals surface area (Å²) < 4.78 is 26.9. The van der Waals surface area contributed by atoms with E-state index >= 15 is 0 Å². The van der Waals surface area contributed by atoms with Gasteiger partial charge in [0.2, 0.25) is 0 Å². The number of benzene rings is 2. The van der Waals surface area contributed by atoms with Crippen LogP contribution in [0.3, 0.4) is 0 Å². The van der Waals surface area contributed by atoms with E-state index in [4.69, 9.17) is 5.26 Å². The minimum atomic E-state index is -3.75. The van der Waals surface area contributed by atoms with Crippen LogP contribution in [0.5, 0.6) is 0 Å². The molecule has 0 aliphatic rings. The number of nitrogens with zero attached hydrogens (tertiary/aromatic N) is 2. The van der Waals surface area contributed by atoms with Crippen LogP contribution in [0.4, 0.5) is 5.69 Å². The Hall–Kier alpha value is -2.32. The third kappa shape index (κ3) is 2.91. The predicted molar refractivity (Wildman–Crippen MR) is 82.5 cm³/mol. The summed E-state index contributed by atoms with van der Waals surface area (Å²) in [7, 11) is -3.75. The molecule has 108 valence electrons. The summed E-state index contributed by atoms with van der Waals surface area (Å²) in [5.41, 5.74) is 1.81. The minimum Gasteiger partial charge on any atom is -0.267 e. The van der Waals surface area contributed by atoms with Crippen LogP contribution in [0.15, 0.2) is 53.4 Å². The van der Waals surface area contributed by atoms with E-state index in [1.165, 1.54) is 16.4 Å². The Morgan fingerprint density at radius 3 is 2.29 bits per heavy atom. The van der Waals surface area contributed by atoms with Crippen molar-refractivity contribution in [2.75, 3.05) is 10.8 Å². The van der Waals surface area contributed by atoms with Crippen molar-refractivity contribution in [3.8, 4) is 6.07 Å². The molecule has 0 heterocycles. The fraction of sp³-hybridized carbons (Fsp3) is 0.188. The van der Waals surface area contributed by atoms with Crippen LogP contribution in [0, 0.1) is 18.3 Å². The predicted octanol–water partition coefficient (Wildman–Crippen LogP) is 3.08. The molecule has 0 N–H and O–H groups in total. The van der Waals surface area contributed by atoms with Gasteiger partial charge in [-0.05, 0) is 38.1 Å². The first kappa shape index (κ1) is 15.1. The van der Waals surface area contributed by atoms with Gasteiger partial charge < -0.3 is 0 Å². The van der Waals surface area contributed by atoms with E-state index in [1.807, 2.05) is 25.1 Å². The van der Waals surface area contributed by atoms with Gasteiger partial charge in [0.1, 0.15) is 11.0 Å². The number of anilines is 1. The zero-order valence-corrected chi connectivity index (χ0v) is 12.8. The van der Waals surface area contributed by atoms with Crippen molar-refractivity contribution in [1.29, 1.82) is 5.26 Å². The summed E-state index contributed by atoms with van der Waals surface area (Å²) >= 11 is 0. The first-order valence-electron chi connectivity index (χ1n) is 6.59. The molecule has 0 aliphatic carbocycles. The zero-order valence-electron chi connectivity index (χ0n) is 11.9. The number of rotatable bonds is 4. The maximum Gasteiger partial charge on any atom is 0.265 e. The lowest BCUT2D eigenvalue weighted by atomic mass is 10.2. The van der Waals surface area contributed by atoms with Crippen molar-refractivity contribution in [1.82, 2.24) is 0 Å². The van der Waals surface area contributed by atoms with Gasteiger partial charge in [-0.15, -0.1) is 0 Å². The van der Waals surface area contributed by atoms with Gasteiger partial charge in [0.05, 0.1) is 11.3 Å². The molecular formula is C16H16N2O2S. The Labute approximate surface area is 125 Å². The summed E-state index contributed by atoms with van der Waals surface area (Å²) in [4.78, 5) is 0.0370. The number of hydrogen-bond donors (Lipinski definition) is 0. The molecule has 2 rings (SSSR count). The number of sulfonamides is 1. The van der Waals surface area contributed by atoms with Gasteiger partial charge in [0, 0.05) is 6.54 Å². The first-order valence-corrected chi connectivity index (χ1v) is 8.03. The first-order chi connectivity index (χ1) is 10.0. The molecule has 0 saturated carbocycles. The van der Waals surface area contributed by atoms with Crippen LogP contribution in [-0.4, -0.2) is 15.0 Å². The van der Waals surface area contributed by atoms with Gasteiger partial charge in [-0.3, -0.25) is 4.31 Å². The monoisotopic (exact) mass is 300 g/mol. The molecular weight excluding hydrogens is 284 g/mol. The van der Waals surface area contributed by atoms with E-state index in [0.717, 1.165) is 5.56 Å².